The van der Waals surface area contributed by atoms with E-state index in [0.29, 0.717) is 5.56 Å². The molecule has 0 aliphatic rings. The summed E-state index contributed by atoms with van der Waals surface area (Å²) in [7, 11) is 0. The minimum atomic E-state index is -1.53. The molecular formula is C9H11FN2O. The van der Waals surface area contributed by atoms with Crippen LogP contribution < -0.4 is 11.5 Å². The van der Waals surface area contributed by atoms with E-state index >= 15 is 0 Å². The first-order valence-electron chi connectivity index (χ1n) is 3.87. The van der Waals surface area contributed by atoms with Gasteiger partial charge in [-0.05, 0) is 5.56 Å². The molecule has 0 aliphatic heterocycles. The fraction of sp³-hybridized carbons (Fsp3) is 0.222. The van der Waals surface area contributed by atoms with E-state index in [4.69, 9.17) is 11.5 Å². The Balaban J connectivity index is 2.79. The normalized spacial score (nSPS) is 14.9. The first-order valence-corrected chi connectivity index (χ1v) is 3.87. The molecule has 0 spiro atoms. The molecule has 1 amide bonds. The van der Waals surface area contributed by atoms with Gasteiger partial charge in [0.15, 0.2) is 0 Å². The van der Waals surface area contributed by atoms with Crippen molar-refractivity contribution in [3.05, 3.63) is 35.9 Å². The Labute approximate surface area is 75.5 Å². The molecule has 0 bridgehead atoms. The van der Waals surface area contributed by atoms with Crippen LogP contribution in [0.2, 0.25) is 0 Å². The SMILES string of the molecule is NC(=O)[C@H](N)[C@@H](F)c1ccccc1. The van der Waals surface area contributed by atoms with Crippen LogP contribution in [0, 0.1) is 0 Å². The first-order chi connectivity index (χ1) is 6.13. The van der Waals surface area contributed by atoms with Crippen molar-refractivity contribution in [2.75, 3.05) is 0 Å². The van der Waals surface area contributed by atoms with Gasteiger partial charge in [-0.25, -0.2) is 4.39 Å². The number of alkyl halides is 1. The molecule has 0 fully saturated rings. The zero-order chi connectivity index (χ0) is 9.84. The van der Waals surface area contributed by atoms with Crippen LogP contribution in [0.25, 0.3) is 0 Å². The second-order valence-corrected chi connectivity index (χ2v) is 2.74. The molecule has 2 atom stereocenters. The number of amides is 1. The van der Waals surface area contributed by atoms with E-state index in [0.717, 1.165) is 0 Å². The molecule has 0 heterocycles. The Morgan fingerprint density at radius 1 is 1.31 bits per heavy atom. The maximum Gasteiger partial charge on any atom is 0.237 e. The number of nitrogens with two attached hydrogens (primary N) is 2. The van der Waals surface area contributed by atoms with Crippen molar-refractivity contribution in [3.63, 3.8) is 0 Å². The monoisotopic (exact) mass is 182 g/mol. The summed E-state index contributed by atoms with van der Waals surface area (Å²) in [4.78, 5) is 10.6. The molecule has 0 unspecified atom stereocenters. The van der Waals surface area contributed by atoms with Gasteiger partial charge in [0.1, 0.15) is 12.2 Å². The molecule has 0 saturated carbocycles. The van der Waals surface area contributed by atoms with Gasteiger partial charge in [0.25, 0.3) is 0 Å². The third kappa shape index (κ3) is 2.26. The lowest BCUT2D eigenvalue weighted by atomic mass is 10.0. The lowest BCUT2D eigenvalue weighted by Gasteiger charge is -2.12. The summed E-state index contributed by atoms with van der Waals surface area (Å²) in [6, 6.07) is 6.96. The van der Waals surface area contributed by atoms with Gasteiger partial charge in [-0.2, -0.15) is 0 Å². The number of benzene rings is 1. The summed E-state index contributed by atoms with van der Waals surface area (Å²) >= 11 is 0. The Morgan fingerprint density at radius 2 is 1.85 bits per heavy atom. The summed E-state index contributed by atoms with van der Waals surface area (Å²) in [5.41, 5.74) is 10.5. The summed E-state index contributed by atoms with van der Waals surface area (Å²) < 4.78 is 13.4. The van der Waals surface area contributed by atoms with E-state index in [9.17, 15) is 9.18 Å². The van der Waals surface area contributed by atoms with Gasteiger partial charge >= 0.3 is 0 Å². The molecule has 1 aromatic carbocycles. The lowest BCUT2D eigenvalue weighted by molar-refractivity contribution is -0.120. The smallest absolute Gasteiger partial charge is 0.237 e. The van der Waals surface area contributed by atoms with Gasteiger partial charge < -0.3 is 11.5 Å². The summed E-state index contributed by atoms with van der Waals surface area (Å²) in [6.45, 7) is 0. The van der Waals surface area contributed by atoms with Crippen LogP contribution in [0.4, 0.5) is 4.39 Å². The van der Waals surface area contributed by atoms with Crippen molar-refractivity contribution < 1.29 is 9.18 Å². The highest BCUT2D eigenvalue weighted by molar-refractivity contribution is 5.80. The van der Waals surface area contributed by atoms with Gasteiger partial charge in [0.05, 0.1) is 0 Å². The number of hydrogen-bond donors (Lipinski definition) is 2. The van der Waals surface area contributed by atoms with Crippen LogP contribution in [0.15, 0.2) is 30.3 Å². The highest BCUT2D eigenvalue weighted by Crippen LogP contribution is 2.19. The highest BCUT2D eigenvalue weighted by atomic mass is 19.1. The third-order valence-corrected chi connectivity index (χ3v) is 1.76. The zero-order valence-corrected chi connectivity index (χ0v) is 6.98. The standard InChI is InChI=1S/C9H11FN2O/c10-7(8(11)9(12)13)6-4-2-1-3-5-6/h1-5,7-8H,11H2,(H2,12,13)/t7-,8+/m0/s1. The van der Waals surface area contributed by atoms with Crippen molar-refractivity contribution in [2.45, 2.75) is 12.2 Å². The number of rotatable bonds is 3. The van der Waals surface area contributed by atoms with Crippen LogP contribution in [0.3, 0.4) is 0 Å². The molecule has 1 rings (SSSR count). The van der Waals surface area contributed by atoms with E-state index in [-0.39, 0.29) is 0 Å². The summed E-state index contributed by atoms with van der Waals surface area (Å²) in [6.07, 6.45) is -1.53. The zero-order valence-electron chi connectivity index (χ0n) is 6.98. The number of primary amides is 1. The number of hydrogen-bond acceptors (Lipinski definition) is 2. The average molecular weight is 182 g/mol. The maximum absolute atomic E-state index is 13.4. The topological polar surface area (TPSA) is 69.1 Å². The second-order valence-electron chi connectivity index (χ2n) is 2.74. The van der Waals surface area contributed by atoms with Crippen LogP contribution >= 0.6 is 0 Å². The average Bonchev–Trinajstić information content (AvgIpc) is 2.17. The van der Waals surface area contributed by atoms with Gasteiger partial charge in [-0.15, -0.1) is 0 Å². The van der Waals surface area contributed by atoms with E-state index in [1.165, 1.54) is 0 Å². The van der Waals surface area contributed by atoms with Crippen molar-refractivity contribution in [1.82, 2.24) is 0 Å². The van der Waals surface area contributed by atoms with E-state index in [1.54, 1.807) is 30.3 Å². The van der Waals surface area contributed by atoms with E-state index < -0.39 is 18.1 Å². The highest BCUT2D eigenvalue weighted by Gasteiger charge is 2.23. The largest absolute Gasteiger partial charge is 0.368 e. The predicted molar refractivity (Wildman–Crippen MR) is 47.5 cm³/mol. The quantitative estimate of drug-likeness (QED) is 0.715. The predicted octanol–water partition coefficient (Wildman–Crippen LogP) is 0.510. The van der Waals surface area contributed by atoms with Gasteiger partial charge in [0.2, 0.25) is 5.91 Å². The minimum Gasteiger partial charge on any atom is -0.368 e. The van der Waals surface area contributed by atoms with Crippen molar-refractivity contribution in [1.29, 1.82) is 0 Å². The number of halogens is 1. The van der Waals surface area contributed by atoms with Crippen LogP contribution in [-0.4, -0.2) is 11.9 Å². The number of carbonyl (C=O) groups excluding carboxylic acids is 1. The molecular weight excluding hydrogens is 171 g/mol. The summed E-state index contributed by atoms with van der Waals surface area (Å²) in [5.74, 6) is -0.837. The minimum absolute atomic E-state index is 0.369. The summed E-state index contributed by atoms with van der Waals surface area (Å²) in [5, 5.41) is 0. The first kappa shape index (κ1) is 9.67. The van der Waals surface area contributed by atoms with Crippen LogP contribution in [-0.2, 0) is 4.79 Å². The Hall–Kier alpha value is -1.42. The van der Waals surface area contributed by atoms with Gasteiger partial charge in [0, 0.05) is 0 Å². The van der Waals surface area contributed by atoms with Gasteiger partial charge in [-0.1, -0.05) is 30.3 Å². The molecule has 0 aliphatic carbocycles. The second kappa shape index (κ2) is 4.00. The van der Waals surface area contributed by atoms with Crippen LogP contribution in [0.1, 0.15) is 11.7 Å². The van der Waals surface area contributed by atoms with E-state index in [1.807, 2.05) is 0 Å². The fourth-order valence-corrected chi connectivity index (χ4v) is 0.988. The van der Waals surface area contributed by atoms with Crippen molar-refractivity contribution >= 4 is 5.91 Å². The van der Waals surface area contributed by atoms with Crippen LogP contribution in [0.5, 0.6) is 0 Å². The third-order valence-electron chi connectivity index (χ3n) is 1.76. The maximum atomic E-state index is 13.4. The molecule has 1 aromatic rings. The Bertz CT molecular complexity index is 289. The Morgan fingerprint density at radius 3 is 2.31 bits per heavy atom. The molecule has 0 radical (unpaired) electrons. The molecule has 4 N–H and O–H groups in total. The molecule has 70 valence electrons. The molecule has 4 heteroatoms. The fourth-order valence-electron chi connectivity index (χ4n) is 0.988. The van der Waals surface area contributed by atoms with E-state index in [2.05, 4.69) is 0 Å². The number of carbonyl (C=O) groups is 1. The molecule has 3 nitrogen and oxygen atoms in total. The lowest BCUT2D eigenvalue weighted by Crippen LogP contribution is -2.39. The molecule has 13 heavy (non-hydrogen) atoms. The molecule has 0 saturated heterocycles. The Kier molecular flexibility index (Phi) is 2.97. The van der Waals surface area contributed by atoms with Gasteiger partial charge in [-0.3, -0.25) is 4.79 Å². The van der Waals surface area contributed by atoms with Crippen molar-refractivity contribution in [3.8, 4) is 0 Å². The van der Waals surface area contributed by atoms with Crippen molar-refractivity contribution in [2.24, 2.45) is 11.5 Å². The molecule has 0 aromatic heterocycles.